The van der Waals surface area contributed by atoms with Crippen LogP contribution in [0.2, 0.25) is 0 Å². The van der Waals surface area contributed by atoms with Gasteiger partial charge >= 0.3 is 0 Å². The lowest BCUT2D eigenvalue weighted by Crippen LogP contribution is -2.20. The summed E-state index contributed by atoms with van der Waals surface area (Å²) in [5.41, 5.74) is 1.50. The first kappa shape index (κ1) is 20.4. The number of hydrogen-bond acceptors (Lipinski definition) is 5. The van der Waals surface area contributed by atoms with Crippen LogP contribution in [0, 0.1) is 10.1 Å². The maximum Gasteiger partial charge on any atom is 0.276 e. The Morgan fingerprint density at radius 1 is 1.10 bits per heavy atom. The second-order valence-corrected chi connectivity index (χ2v) is 8.66. The van der Waals surface area contributed by atoms with Crippen LogP contribution in [0.15, 0.2) is 53.3 Å². The topological polar surface area (TPSA) is 93.1 Å². The number of benzene rings is 2. The van der Waals surface area contributed by atoms with Crippen molar-refractivity contribution in [1.82, 2.24) is 4.98 Å². The average molecular weight is 408 g/mol. The predicted molar refractivity (Wildman–Crippen MR) is 115 cm³/mol. The van der Waals surface area contributed by atoms with Crippen LogP contribution in [-0.2, 0) is 5.41 Å². The minimum atomic E-state index is -0.495. The molecule has 0 atom stereocenters. The number of nitrogens with one attached hydrogen (secondary N) is 1. The SMILES string of the molecule is CC(C)(C)c1ccc(C(=O)/C=c2\[nH]c(=O)/c(=C\c3ccccc3[N+](=O)[O-])s2)cc1. The lowest BCUT2D eigenvalue weighted by Gasteiger charge is -2.18. The van der Waals surface area contributed by atoms with Gasteiger partial charge in [-0.1, -0.05) is 57.2 Å². The number of ketones is 1. The van der Waals surface area contributed by atoms with Crippen LogP contribution in [0.5, 0.6) is 0 Å². The summed E-state index contributed by atoms with van der Waals surface area (Å²) in [6.45, 7) is 6.30. The highest BCUT2D eigenvalue weighted by molar-refractivity contribution is 7.07. The Balaban J connectivity index is 1.96. The number of rotatable bonds is 4. The molecule has 6 nitrogen and oxygen atoms in total. The molecule has 0 aliphatic carbocycles. The van der Waals surface area contributed by atoms with E-state index in [1.54, 1.807) is 30.3 Å². The molecule has 0 fully saturated rings. The molecule has 0 aliphatic rings. The summed E-state index contributed by atoms with van der Waals surface area (Å²) in [4.78, 5) is 38.0. The van der Waals surface area contributed by atoms with Crippen molar-refractivity contribution in [2.75, 3.05) is 0 Å². The molecule has 0 amide bonds. The number of nitro groups is 1. The number of H-pyrrole nitrogens is 1. The number of hydrogen-bond donors (Lipinski definition) is 1. The van der Waals surface area contributed by atoms with Crippen molar-refractivity contribution in [3.63, 3.8) is 0 Å². The maximum atomic E-state index is 12.5. The zero-order chi connectivity index (χ0) is 21.2. The van der Waals surface area contributed by atoms with E-state index in [1.165, 1.54) is 18.2 Å². The summed E-state index contributed by atoms with van der Waals surface area (Å²) < 4.78 is 0.686. The van der Waals surface area contributed by atoms with Crippen LogP contribution in [0.4, 0.5) is 5.69 Å². The zero-order valence-electron chi connectivity index (χ0n) is 16.3. The Hall–Kier alpha value is -3.32. The van der Waals surface area contributed by atoms with Crippen LogP contribution in [0.3, 0.4) is 0 Å². The Morgan fingerprint density at radius 2 is 1.76 bits per heavy atom. The summed E-state index contributed by atoms with van der Waals surface area (Å²) in [5, 5.41) is 11.1. The third-order valence-corrected chi connectivity index (χ3v) is 5.36. The molecule has 0 saturated heterocycles. The fourth-order valence-corrected chi connectivity index (χ4v) is 3.65. The molecular weight excluding hydrogens is 388 g/mol. The second kappa shape index (κ2) is 7.97. The molecule has 0 spiro atoms. The Morgan fingerprint density at radius 3 is 2.38 bits per heavy atom. The van der Waals surface area contributed by atoms with Gasteiger partial charge in [-0.2, -0.15) is 0 Å². The van der Waals surface area contributed by atoms with Crippen molar-refractivity contribution in [3.05, 3.63) is 94.9 Å². The highest BCUT2D eigenvalue weighted by Gasteiger charge is 2.14. The number of carbonyl (C=O) groups is 1. The van der Waals surface area contributed by atoms with E-state index in [0.29, 0.717) is 20.3 Å². The van der Waals surface area contributed by atoms with Gasteiger partial charge in [0.1, 0.15) is 0 Å². The first-order chi connectivity index (χ1) is 13.6. The molecule has 0 aliphatic heterocycles. The molecule has 1 N–H and O–H groups in total. The number of para-hydroxylation sites is 1. The third-order valence-electron chi connectivity index (χ3n) is 4.40. The molecule has 0 saturated carbocycles. The molecule has 2 aromatic carbocycles. The van der Waals surface area contributed by atoms with Crippen molar-refractivity contribution >= 4 is 35.0 Å². The smallest absolute Gasteiger partial charge is 0.276 e. The molecule has 1 heterocycles. The summed E-state index contributed by atoms with van der Waals surface area (Å²) >= 11 is 1.08. The highest BCUT2D eigenvalue weighted by atomic mass is 32.1. The van der Waals surface area contributed by atoms with Crippen molar-refractivity contribution in [2.45, 2.75) is 26.2 Å². The molecule has 3 aromatic rings. The lowest BCUT2D eigenvalue weighted by atomic mass is 9.86. The van der Waals surface area contributed by atoms with E-state index in [-0.39, 0.29) is 16.9 Å². The van der Waals surface area contributed by atoms with Gasteiger partial charge in [0.15, 0.2) is 5.78 Å². The molecule has 0 bridgehead atoms. The largest absolute Gasteiger partial charge is 0.313 e. The van der Waals surface area contributed by atoms with E-state index in [9.17, 15) is 19.7 Å². The van der Waals surface area contributed by atoms with Crippen molar-refractivity contribution in [2.24, 2.45) is 0 Å². The average Bonchev–Trinajstić information content (AvgIpc) is 3.00. The molecule has 0 radical (unpaired) electrons. The zero-order valence-corrected chi connectivity index (χ0v) is 17.1. The van der Waals surface area contributed by atoms with Gasteiger partial charge in [0.2, 0.25) is 0 Å². The summed E-state index contributed by atoms with van der Waals surface area (Å²) in [6, 6.07) is 13.6. The Bertz CT molecular complexity index is 1250. The molecule has 7 heteroatoms. The first-order valence-corrected chi connectivity index (χ1v) is 9.78. The summed E-state index contributed by atoms with van der Waals surface area (Å²) in [7, 11) is 0. The number of carbonyl (C=O) groups excluding carboxylic acids is 1. The minimum Gasteiger partial charge on any atom is -0.313 e. The second-order valence-electron chi connectivity index (χ2n) is 7.58. The maximum absolute atomic E-state index is 12.5. The van der Waals surface area contributed by atoms with Gasteiger partial charge < -0.3 is 4.98 Å². The van der Waals surface area contributed by atoms with Crippen LogP contribution < -0.4 is 14.8 Å². The van der Waals surface area contributed by atoms with E-state index < -0.39 is 10.5 Å². The fourth-order valence-electron chi connectivity index (χ4n) is 2.78. The predicted octanol–water partition coefficient (Wildman–Crippen LogP) is 3.13. The summed E-state index contributed by atoms with van der Waals surface area (Å²) in [5.74, 6) is -0.222. The molecule has 148 valence electrons. The highest BCUT2D eigenvalue weighted by Crippen LogP contribution is 2.22. The molecule has 1 aromatic heterocycles. The van der Waals surface area contributed by atoms with Gasteiger partial charge in [-0.25, -0.2) is 0 Å². The van der Waals surface area contributed by atoms with Crippen molar-refractivity contribution in [1.29, 1.82) is 0 Å². The number of thiazole rings is 1. The fraction of sp³-hybridized carbons (Fsp3) is 0.182. The number of Topliss-reactive ketones (excluding diaryl/α,β-unsaturated/α-hetero) is 1. The van der Waals surface area contributed by atoms with Gasteiger partial charge in [-0.3, -0.25) is 19.7 Å². The lowest BCUT2D eigenvalue weighted by molar-refractivity contribution is -0.385. The normalized spacial score (nSPS) is 12.9. The Kier molecular flexibility index (Phi) is 5.61. The van der Waals surface area contributed by atoms with Gasteiger partial charge in [0.05, 0.1) is 19.7 Å². The summed E-state index contributed by atoms with van der Waals surface area (Å²) in [6.07, 6.45) is 2.83. The van der Waals surface area contributed by atoms with E-state index in [0.717, 1.165) is 16.9 Å². The number of aromatic nitrogens is 1. The number of nitro benzene ring substituents is 1. The number of aromatic amines is 1. The van der Waals surface area contributed by atoms with Gasteiger partial charge in [-0.15, -0.1) is 11.3 Å². The molecular formula is C22H20N2O4S. The Labute approximate surface area is 171 Å². The van der Waals surface area contributed by atoms with Gasteiger partial charge in [-0.05, 0) is 23.1 Å². The van der Waals surface area contributed by atoms with Crippen molar-refractivity contribution < 1.29 is 9.72 Å². The van der Waals surface area contributed by atoms with Crippen LogP contribution in [-0.4, -0.2) is 15.7 Å². The minimum absolute atomic E-state index is 0.00489. The van der Waals surface area contributed by atoms with Gasteiger partial charge in [0, 0.05) is 17.7 Å². The van der Waals surface area contributed by atoms with E-state index in [2.05, 4.69) is 25.8 Å². The standard InChI is InChI=1S/C22H20N2O4S/c1-22(2,3)16-10-8-14(9-11-16)18(25)13-20-23-21(26)19(29-20)12-15-6-4-5-7-17(15)24(27)28/h4-13H,1-3H3,(H,23,26)/b19-12+,20-13+. The third kappa shape index (κ3) is 4.75. The van der Waals surface area contributed by atoms with Gasteiger partial charge in [0.25, 0.3) is 11.2 Å². The van der Waals surface area contributed by atoms with Crippen molar-refractivity contribution in [3.8, 4) is 0 Å². The monoisotopic (exact) mass is 408 g/mol. The molecule has 3 rings (SSSR count). The number of nitrogens with zero attached hydrogens (tertiary/aromatic N) is 1. The van der Waals surface area contributed by atoms with Crippen LogP contribution >= 0.6 is 11.3 Å². The molecule has 0 unspecified atom stereocenters. The van der Waals surface area contributed by atoms with Crippen LogP contribution in [0.1, 0.15) is 42.3 Å². The molecule has 29 heavy (non-hydrogen) atoms. The first-order valence-electron chi connectivity index (χ1n) is 8.96. The van der Waals surface area contributed by atoms with E-state index >= 15 is 0 Å². The quantitative estimate of drug-likeness (QED) is 0.408. The van der Waals surface area contributed by atoms with E-state index in [1.807, 2.05) is 12.1 Å². The van der Waals surface area contributed by atoms with E-state index in [4.69, 9.17) is 0 Å². The van der Waals surface area contributed by atoms with Crippen LogP contribution in [0.25, 0.3) is 12.2 Å².